The predicted octanol–water partition coefficient (Wildman–Crippen LogP) is 5.54. The highest BCUT2D eigenvalue weighted by Crippen LogP contribution is 2.41. The molecule has 0 N–H and O–H groups in total. The molecular weight excluding hydrogens is 367 g/mol. The molecule has 0 atom stereocenters. The maximum atomic E-state index is 6.24. The van der Waals surface area contributed by atoms with Gasteiger partial charge in [0.15, 0.2) is 0 Å². The first-order chi connectivity index (χ1) is 8.15. The normalized spacial score (nSPS) is 10.4. The summed E-state index contributed by atoms with van der Waals surface area (Å²) >= 11 is 13.3. The first-order valence-corrected chi connectivity index (χ1v) is 6.88. The van der Waals surface area contributed by atoms with E-state index in [-0.39, 0.29) is 0 Å². The van der Waals surface area contributed by atoms with E-state index in [1.807, 2.05) is 36.4 Å². The van der Waals surface area contributed by atoms with Crippen LogP contribution in [0.15, 0.2) is 45.3 Å². The van der Waals surface area contributed by atoms with Crippen LogP contribution < -0.4 is 4.74 Å². The zero-order chi connectivity index (χ0) is 12.4. The van der Waals surface area contributed by atoms with E-state index in [0.717, 1.165) is 25.8 Å². The second kappa shape index (κ2) is 5.42. The molecule has 17 heavy (non-hydrogen) atoms. The van der Waals surface area contributed by atoms with Gasteiger partial charge in [-0.2, -0.15) is 0 Å². The molecular formula is C13H9Br2ClO. The summed E-state index contributed by atoms with van der Waals surface area (Å²) in [5.74, 6) is 0.786. The first-order valence-electron chi connectivity index (χ1n) is 4.92. The van der Waals surface area contributed by atoms with E-state index in [0.29, 0.717) is 5.02 Å². The van der Waals surface area contributed by atoms with Gasteiger partial charge in [-0.05, 0) is 34.1 Å². The van der Waals surface area contributed by atoms with Crippen LogP contribution in [-0.4, -0.2) is 7.11 Å². The standard InChI is InChI=1S/C13H9Br2ClO/c1-17-11-7-2-4-8(13(11)15)12-9(14)5-3-6-10(12)16/h2-7H,1H3. The maximum Gasteiger partial charge on any atom is 0.133 e. The molecule has 1 nitrogen and oxygen atoms in total. The number of methoxy groups -OCH3 is 1. The van der Waals surface area contributed by atoms with Gasteiger partial charge in [0.25, 0.3) is 0 Å². The Morgan fingerprint density at radius 1 is 1.06 bits per heavy atom. The van der Waals surface area contributed by atoms with Gasteiger partial charge in [-0.1, -0.05) is 45.7 Å². The molecule has 0 bridgehead atoms. The largest absolute Gasteiger partial charge is 0.496 e. The molecule has 4 heteroatoms. The first kappa shape index (κ1) is 12.9. The number of hydrogen-bond acceptors (Lipinski definition) is 1. The van der Waals surface area contributed by atoms with Gasteiger partial charge in [-0.25, -0.2) is 0 Å². The highest BCUT2D eigenvalue weighted by atomic mass is 79.9. The van der Waals surface area contributed by atoms with Gasteiger partial charge in [0.1, 0.15) is 5.75 Å². The summed E-state index contributed by atoms with van der Waals surface area (Å²) in [7, 11) is 1.64. The van der Waals surface area contributed by atoms with Crippen molar-refractivity contribution in [2.45, 2.75) is 0 Å². The topological polar surface area (TPSA) is 9.23 Å². The Kier molecular flexibility index (Phi) is 4.13. The summed E-state index contributed by atoms with van der Waals surface area (Å²) in [5, 5.41) is 0.702. The lowest BCUT2D eigenvalue weighted by Crippen LogP contribution is -1.88. The number of ether oxygens (including phenoxy) is 1. The number of benzene rings is 2. The fourth-order valence-corrected chi connectivity index (χ4v) is 3.21. The lowest BCUT2D eigenvalue weighted by atomic mass is 10.1. The molecule has 0 spiro atoms. The third kappa shape index (κ3) is 2.51. The molecule has 0 radical (unpaired) electrons. The van der Waals surface area contributed by atoms with Crippen molar-refractivity contribution >= 4 is 43.5 Å². The van der Waals surface area contributed by atoms with Crippen LogP contribution in [0.25, 0.3) is 11.1 Å². The van der Waals surface area contributed by atoms with Crippen molar-refractivity contribution in [2.75, 3.05) is 7.11 Å². The monoisotopic (exact) mass is 374 g/mol. The Labute approximate surface area is 122 Å². The van der Waals surface area contributed by atoms with Crippen molar-refractivity contribution in [3.63, 3.8) is 0 Å². The quantitative estimate of drug-likeness (QED) is 0.669. The minimum atomic E-state index is 0.702. The summed E-state index contributed by atoms with van der Waals surface area (Å²) in [6.07, 6.45) is 0. The van der Waals surface area contributed by atoms with Crippen LogP contribution in [0.4, 0.5) is 0 Å². The summed E-state index contributed by atoms with van der Waals surface area (Å²) in [4.78, 5) is 0. The molecule has 0 unspecified atom stereocenters. The van der Waals surface area contributed by atoms with Gasteiger partial charge in [0.2, 0.25) is 0 Å². The highest BCUT2D eigenvalue weighted by molar-refractivity contribution is 9.11. The molecule has 2 aromatic carbocycles. The Balaban J connectivity index is 2.69. The van der Waals surface area contributed by atoms with Gasteiger partial charge < -0.3 is 4.74 Å². The zero-order valence-electron chi connectivity index (χ0n) is 9.01. The van der Waals surface area contributed by atoms with E-state index in [2.05, 4.69) is 31.9 Å². The van der Waals surface area contributed by atoms with E-state index in [1.54, 1.807) is 7.11 Å². The van der Waals surface area contributed by atoms with E-state index < -0.39 is 0 Å². The van der Waals surface area contributed by atoms with Gasteiger partial charge >= 0.3 is 0 Å². The van der Waals surface area contributed by atoms with Crippen LogP contribution in [0.5, 0.6) is 5.75 Å². The van der Waals surface area contributed by atoms with Crippen molar-refractivity contribution in [3.8, 4) is 16.9 Å². The van der Waals surface area contributed by atoms with Crippen LogP contribution in [0.3, 0.4) is 0 Å². The second-order valence-electron chi connectivity index (χ2n) is 3.42. The van der Waals surface area contributed by atoms with E-state index in [1.165, 1.54) is 0 Å². The SMILES string of the molecule is COc1cccc(-c2c(Cl)cccc2Br)c1Br. The molecule has 88 valence electrons. The maximum absolute atomic E-state index is 6.24. The summed E-state index contributed by atoms with van der Waals surface area (Å²) in [6, 6.07) is 11.6. The summed E-state index contributed by atoms with van der Waals surface area (Å²) in [6.45, 7) is 0. The van der Waals surface area contributed by atoms with Crippen molar-refractivity contribution in [2.24, 2.45) is 0 Å². The summed E-state index contributed by atoms with van der Waals surface area (Å²) in [5.41, 5.74) is 1.96. The van der Waals surface area contributed by atoms with E-state index >= 15 is 0 Å². The fourth-order valence-electron chi connectivity index (χ4n) is 1.62. The van der Waals surface area contributed by atoms with E-state index in [9.17, 15) is 0 Å². The van der Waals surface area contributed by atoms with Gasteiger partial charge in [0, 0.05) is 20.6 Å². The number of hydrogen-bond donors (Lipinski definition) is 0. The molecule has 2 aromatic rings. The van der Waals surface area contributed by atoms with Crippen molar-refractivity contribution in [1.82, 2.24) is 0 Å². The molecule has 2 rings (SSSR count). The molecule has 0 aliphatic heterocycles. The van der Waals surface area contributed by atoms with Crippen LogP contribution in [0.2, 0.25) is 5.02 Å². The molecule has 0 amide bonds. The third-order valence-corrected chi connectivity index (χ3v) is 4.21. The molecule has 0 saturated heterocycles. The van der Waals surface area contributed by atoms with Crippen molar-refractivity contribution in [3.05, 3.63) is 50.4 Å². The molecule has 0 heterocycles. The van der Waals surface area contributed by atoms with E-state index in [4.69, 9.17) is 16.3 Å². The van der Waals surface area contributed by atoms with Crippen LogP contribution in [0, 0.1) is 0 Å². The smallest absolute Gasteiger partial charge is 0.133 e. The average molecular weight is 376 g/mol. The lowest BCUT2D eigenvalue weighted by Gasteiger charge is -2.12. The zero-order valence-corrected chi connectivity index (χ0v) is 12.9. The Hall–Kier alpha value is -0.510. The van der Waals surface area contributed by atoms with Gasteiger partial charge in [-0.3, -0.25) is 0 Å². The highest BCUT2D eigenvalue weighted by Gasteiger charge is 2.13. The third-order valence-electron chi connectivity index (χ3n) is 2.42. The molecule has 0 saturated carbocycles. The summed E-state index contributed by atoms with van der Waals surface area (Å²) < 4.78 is 7.14. The molecule has 0 fully saturated rings. The van der Waals surface area contributed by atoms with Crippen molar-refractivity contribution < 1.29 is 4.74 Å². The number of rotatable bonds is 2. The fraction of sp³-hybridized carbons (Fsp3) is 0.0769. The lowest BCUT2D eigenvalue weighted by molar-refractivity contribution is 0.412. The second-order valence-corrected chi connectivity index (χ2v) is 5.47. The Bertz CT molecular complexity index is 535. The minimum absolute atomic E-state index is 0.702. The molecule has 0 aromatic heterocycles. The van der Waals surface area contributed by atoms with Crippen LogP contribution >= 0.6 is 43.5 Å². The Morgan fingerprint density at radius 2 is 1.76 bits per heavy atom. The van der Waals surface area contributed by atoms with Crippen LogP contribution in [0.1, 0.15) is 0 Å². The number of halogens is 3. The predicted molar refractivity (Wildman–Crippen MR) is 78.8 cm³/mol. The molecule has 0 aliphatic carbocycles. The molecule has 0 aliphatic rings. The van der Waals surface area contributed by atoms with Gasteiger partial charge in [-0.15, -0.1) is 0 Å². The minimum Gasteiger partial charge on any atom is -0.496 e. The van der Waals surface area contributed by atoms with Crippen LogP contribution in [-0.2, 0) is 0 Å². The average Bonchev–Trinajstić information content (AvgIpc) is 2.31. The van der Waals surface area contributed by atoms with Gasteiger partial charge in [0.05, 0.1) is 11.6 Å². The Morgan fingerprint density at radius 3 is 2.41 bits per heavy atom. The van der Waals surface area contributed by atoms with Crippen molar-refractivity contribution in [1.29, 1.82) is 0 Å².